The summed E-state index contributed by atoms with van der Waals surface area (Å²) in [7, 11) is 0. The van der Waals surface area contributed by atoms with Gasteiger partial charge in [0.2, 0.25) is 0 Å². The van der Waals surface area contributed by atoms with Crippen molar-refractivity contribution in [1.29, 1.82) is 0 Å². The van der Waals surface area contributed by atoms with Gasteiger partial charge >= 0.3 is 6.09 Å². The molecule has 0 fully saturated rings. The Morgan fingerprint density at radius 2 is 1.69 bits per heavy atom. The van der Waals surface area contributed by atoms with Crippen molar-refractivity contribution in [2.45, 2.75) is 65.6 Å². The lowest BCUT2D eigenvalue weighted by atomic mass is 10.0. The van der Waals surface area contributed by atoms with Crippen LogP contribution in [-0.2, 0) is 4.74 Å². The maximum Gasteiger partial charge on any atom is 0.411 e. The van der Waals surface area contributed by atoms with Crippen LogP contribution in [0.25, 0.3) is 0 Å². The molecule has 0 aromatic heterocycles. The number of hydrogen-bond donors (Lipinski definition) is 1. The number of nitrogens with two attached hydrogens (primary N) is 1. The molecule has 0 aromatic rings. The van der Waals surface area contributed by atoms with Gasteiger partial charge in [-0.3, -0.25) is 4.90 Å². The molecular formula is C12H26N2O2. The van der Waals surface area contributed by atoms with Gasteiger partial charge in [-0.15, -0.1) is 0 Å². The Balaban J connectivity index is 4.88. The molecule has 0 radical (unpaired) electrons. The van der Waals surface area contributed by atoms with Crippen LogP contribution in [0.3, 0.4) is 0 Å². The lowest BCUT2D eigenvalue weighted by Crippen LogP contribution is -2.56. The first-order valence-corrected chi connectivity index (χ1v) is 5.73. The van der Waals surface area contributed by atoms with Gasteiger partial charge in [-0.05, 0) is 48.5 Å². The van der Waals surface area contributed by atoms with E-state index in [1.54, 1.807) is 4.90 Å². The van der Waals surface area contributed by atoms with Crippen LogP contribution < -0.4 is 5.73 Å². The molecule has 16 heavy (non-hydrogen) atoms. The summed E-state index contributed by atoms with van der Waals surface area (Å²) < 4.78 is 5.38. The second kappa shape index (κ2) is 5.04. The molecule has 4 nitrogen and oxygen atoms in total. The topological polar surface area (TPSA) is 55.6 Å². The predicted octanol–water partition coefficient (Wildman–Crippen LogP) is 2.37. The van der Waals surface area contributed by atoms with E-state index in [1.807, 2.05) is 48.5 Å². The molecule has 1 amide bonds. The Morgan fingerprint density at radius 1 is 1.25 bits per heavy atom. The molecule has 0 bridgehead atoms. The monoisotopic (exact) mass is 230 g/mol. The molecule has 96 valence electrons. The summed E-state index contributed by atoms with van der Waals surface area (Å²) in [4.78, 5) is 13.7. The van der Waals surface area contributed by atoms with Crippen LogP contribution in [0, 0.1) is 0 Å². The largest absolute Gasteiger partial charge is 0.444 e. The first-order chi connectivity index (χ1) is 7.01. The molecular weight excluding hydrogens is 204 g/mol. The smallest absolute Gasteiger partial charge is 0.411 e. The van der Waals surface area contributed by atoms with E-state index in [0.29, 0.717) is 6.54 Å². The van der Waals surface area contributed by atoms with E-state index in [-0.39, 0.29) is 12.1 Å². The molecule has 4 heteroatoms. The lowest BCUT2D eigenvalue weighted by molar-refractivity contribution is -0.00469. The fraction of sp³-hybridized carbons (Fsp3) is 0.917. The van der Waals surface area contributed by atoms with Crippen LogP contribution >= 0.6 is 0 Å². The van der Waals surface area contributed by atoms with Gasteiger partial charge in [-0.2, -0.15) is 0 Å². The number of carbonyl (C=O) groups excluding carboxylic acids is 1. The summed E-state index contributed by atoms with van der Waals surface area (Å²) in [5.74, 6) is 0. The van der Waals surface area contributed by atoms with Gasteiger partial charge in [-0.25, -0.2) is 4.79 Å². The van der Waals surface area contributed by atoms with E-state index < -0.39 is 11.1 Å². The highest BCUT2D eigenvalue weighted by Gasteiger charge is 2.34. The van der Waals surface area contributed by atoms with Gasteiger partial charge in [0.25, 0.3) is 0 Å². The summed E-state index contributed by atoms with van der Waals surface area (Å²) in [6.45, 7) is 13.8. The second-order valence-electron chi connectivity index (χ2n) is 5.96. The molecule has 0 rings (SSSR count). The Hall–Kier alpha value is -0.770. The van der Waals surface area contributed by atoms with Crippen molar-refractivity contribution in [3.05, 3.63) is 0 Å². The Morgan fingerprint density at radius 3 is 1.94 bits per heavy atom. The molecule has 2 N–H and O–H groups in total. The normalized spacial score (nSPS) is 12.8. The highest BCUT2D eigenvalue weighted by Crippen LogP contribution is 2.20. The van der Waals surface area contributed by atoms with Gasteiger partial charge in [0.05, 0.1) is 5.54 Å². The Kier molecular flexibility index (Phi) is 4.80. The highest BCUT2D eigenvalue weighted by atomic mass is 16.6. The van der Waals surface area contributed by atoms with E-state index in [4.69, 9.17) is 10.5 Å². The molecule has 0 aliphatic rings. The van der Waals surface area contributed by atoms with Crippen molar-refractivity contribution in [2.24, 2.45) is 5.73 Å². The van der Waals surface area contributed by atoms with Gasteiger partial charge < -0.3 is 10.5 Å². The number of ether oxygens (including phenoxy) is 1. The van der Waals surface area contributed by atoms with Gasteiger partial charge in [-0.1, -0.05) is 0 Å². The molecule has 0 saturated carbocycles. The summed E-state index contributed by atoms with van der Waals surface area (Å²) in [6, 6.07) is 0.0633. The molecule has 0 aliphatic heterocycles. The fourth-order valence-electron chi connectivity index (χ4n) is 1.57. The van der Waals surface area contributed by atoms with E-state index in [2.05, 4.69) is 0 Å². The quantitative estimate of drug-likeness (QED) is 0.809. The van der Waals surface area contributed by atoms with E-state index >= 15 is 0 Å². The van der Waals surface area contributed by atoms with E-state index in [9.17, 15) is 4.79 Å². The number of rotatable bonds is 3. The molecule has 0 unspecified atom stereocenters. The predicted molar refractivity (Wildman–Crippen MR) is 66.3 cm³/mol. The van der Waals surface area contributed by atoms with Gasteiger partial charge in [0, 0.05) is 12.6 Å². The maximum atomic E-state index is 12.1. The standard InChI is InChI=1S/C12H26N2O2/c1-9(2)14(12(6,7)8-13)10(15)16-11(3,4)5/h9H,8,13H2,1-7H3. The van der Waals surface area contributed by atoms with Crippen LogP contribution in [0.4, 0.5) is 4.79 Å². The first kappa shape index (κ1) is 15.2. The van der Waals surface area contributed by atoms with Crippen LogP contribution in [0.15, 0.2) is 0 Å². The zero-order valence-electron chi connectivity index (χ0n) is 11.6. The lowest BCUT2D eigenvalue weighted by Gasteiger charge is -2.41. The SMILES string of the molecule is CC(C)N(C(=O)OC(C)(C)C)C(C)(C)CN. The highest BCUT2D eigenvalue weighted by molar-refractivity contribution is 5.69. The van der Waals surface area contributed by atoms with Gasteiger partial charge in [0.15, 0.2) is 0 Å². The molecule has 0 spiro atoms. The average Bonchev–Trinajstić information content (AvgIpc) is 1.98. The minimum Gasteiger partial charge on any atom is -0.444 e. The van der Waals surface area contributed by atoms with Gasteiger partial charge in [0.1, 0.15) is 5.60 Å². The average molecular weight is 230 g/mol. The minimum atomic E-state index is -0.477. The number of nitrogens with zero attached hydrogens (tertiary/aromatic N) is 1. The summed E-state index contributed by atoms with van der Waals surface area (Å²) in [5, 5.41) is 0. The fourth-order valence-corrected chi connectivity index (χ4v) is 1.57. The van der Waals surface area contributed by atoms with Crippen molar-refractivity contribution in [1.82, 2.24) is 4.90 Å². The summed E-state index contributed by atoms with van der Waals surface area (Å²) in [6.07, 6.45) is -0.307. The van der Waals surface area contributed by atoms with Crippen LogP contribution in [0.2, 0.25) is 0 Å². The third-order valence-electron chi connectivity index (χ3n) is 2.26. The first-order valence-electron chi connectivity index (χ1n) is 5.73. The summed E-state index contributed by atoms with van der Waals surface area (Å²) in [5.41, 5.74) is 4.83. The van der Waals surface area contributed by atoms with Crippen molar-refractivity contribution in [3.8, 4) is 0 Å². The molecule has 0 heterocycles. The molecule has 0 saturated heterocycles. The zero-order chi connectivity index (χ0) is 13.1. The van der Waals surface area contributed by atoms with E-state index in [0.717, 1.165) is 0 Å². The third kappa shape index (κ3) is 4.39. The molecule has 0 aliphatic carbocycles. The van der Waals surface area contributed by atoms with Crippen molar-refractivity contribution >= 4 is 6.09 Å². The zero-order valence-corrected chi connectivity index (χ0v) is 11.6. The second-order valence-corrected chi connectivity index (χ2v) is 5.96. The third-order valence-corrected chi connectivity index (χ3v) is 2.26. The van der Waals surface area contributed by atoms with Crippen molar-refractivity contribution in [3.63, 3.8) is 0 Å². The molecule has 0 atom stereocenters. The van der Waals surface area contributed by atoms with Crippen molar-refractivity contribution in [2.75, 3.05) is 6.54 Å². The minimum absolute atomic E-state index is 0.0633. The van der Waals surface area contributed by atoms with Crippen LogP contribution in [0.5, 0.6) is 0 Å². The van der Waals surface area contributed by atoms with E-state index in [1.165, 1.54) is 0 Å². The summed E-state index contributed by atoms with van der Waals surface area (Å²) >= 11 is 0. The Bertz CT molecular complexity index is 242. The molecule has 0 aromatic carbocycles. The maximum absolute atomic E-state index is 12.1. The number of hydrogen-bond acceptors (Lipinski definition) is 3. The number of carbonyl (C=O) groups is 1. The van der Waals surface area contributed by atoms with Crippen molar-refractivity contribution < 1.29 is 9.53 Å². The Labute approximate surface area is 99.1 Å². The van der Waals surface area contributed by atoms with Crippen LogP contribution in [0.1, 0.15) is 48.5 Å². The van der Waals surface area contributed by atoms with Crippen LogP contribution in [-0.4, -0.2) is 34.7 Å². The number of amides is 1.